The van der Waals surface area contributed by atoms with Crippen molar-refractivity contribution in [2.75, 3.05) is 13.2 Å². The van der Waals surface area contributed by atoms with Crippen LogP contribution in [0.5, 0.6) is 0 Å². The lowest BCUT2D eigenvalue weighted by molar-refractivity contribution is -0.359. The second kappa shape index (κ2) is 5.52. The molecule has 0 fully saturated rings. The lowest BCUT2D eigenvalue weighted by Gasteiger charge is -2.25. The molecule has 0 aliphatic carbocycles. The second-order valence-corrected chi connectivity index (χ2v) is 2.35. The first-order valence-corrected chi connectivity index (χ1v) is 4.18. The van der Waals surface area contributed by atoms with Gasteiger partial charge in [-0.15, -0.1) is 0 Å². The van der Waals surface area contributed by atoms with E-state index in [1.807, 2.05) is 20.8 Å². The number of ether oxygens (including phenoxy) is 2. The molecule has 0 aliphatic rings. The first kappa shape index (κ1) is 10.9. The van der Waals surface area contributed by atoms with Crippen molar-refractivity contribution in [1.29, 1.82) is 0 Å². The van der Waals surface area contributed by atoms with Crippen molar-refractivity contribution in [3.05, 3.63) is 0 Å². The summed E-state index contributed by atoms with van der Waals surface area (Å²) in [5.41, 5.74) is 0. The summed E-state index contributed by atoms with van der Waals surface area (Å²) in [6.45, 7) is 6.64. The Morgan fingerprint density at radius 3 is 2.18 bits per heavy atom. The minimum absolute atomic E-state index is 0.459. The van der Waals surface area contributed by atoms with Gasteiger partial charge < -0.3 is 14.6 Å². The van der Waals surface area contributed by atoms with Gasteiger partial charge >= 0.3 is 0 Å². The van der Waals surface area contributed by atoms with Gasteiger partial charge in [0.15, 0.2) is 0 Å². The van der Waals surface area contributed by atoms with Gasteiger partial charge in [-0.05, 0) is 13.3 Å². The van der Waals surface area contributed by atoms with Crippen LogP contribution in [-0.2, 0) is 9.47 Å². The molecular formula is C8H18O3. The van der Waals surface area contributed by atoms with Gasteiger partial charge in [0.1, 0.15) is 0 Å². The fraction of sp³-hybridized carbons (Fsp3) is 1.00. The molecule has 0 rings (SSSR count). The fourth-order valence-electron chi connectivity index (χ4n) is 0.733. The third-order valence-corrected chi connectivity index (χ3v) is 1.35. The molecule has 0 amide bonds. The molecule has 68 valence electrons. The normalized spacial score (nSPS) is 16.4. The van der Waals surface area contributed by atoms with Crippen LogP contribution in [0.2, 0.25) is 0 Å². The maximum absolute atomic E-state index is 9.51. The summed E-state index contributed by atoms with van der Waals surface area (Å²) in [7, 11) is 0. The Morgan fingerprint density at radius 2 is 1.82 bits per heavy atom. The zero-order valence-corrected chi connectivity index (χ0v) is 7.59. The van der Waals surface area contributed by atoms with E-state index in [4.69, 9.17) is 9.47 Å². The van der Waals surface area contributed by atoms with Gasteiger partial charge in [-0.2, -0.15) is 0 Å². The SMILES string of the molecule is CCCOC(O)(CC)OCC. The van der Waals surface area contributed by atoms with E-state index in [1.54, 1.807) is 0 Å². The van der Waals surface area contributed by atoms with Crippen molar-refractivity contribution < 1.29 is 14.6 Å². The molecule has 0 heterocycles. The number of hydrogen-bond donors (Lipinski definition) is 1. The largest absolute Gasteiger partial charge is 0.343 e. The van der Waals surface area contributed by atoms with Gasteiger partial charge in [0.2, 0.25) is 0 Å². The summed E-state index contributed by atoms with van der Waals surface area (Å²) in [6, 6.07) is 0. The Morgan fingerprint density at radius 1 is 1.18 bits per heavy atom. The van der Waals surface area contributed by atoms with E-state index < -0.39 is 5.97 Å². The zero-order chi connectivity index (χ0) is 8.74. The molecule has 0 spiro atoms. The molecule has 0 aromatic rings. The molecule has 0 aromatic carbocycles. The highest BCUT2D eigenvalue weighted by Gasteiger charge is 2.24. The summed E-state index contributed by atoms with van der Waals surface area (Å²) in [5, 5.41) is 9.51. The predicted octanol–water partition coefficient (Wildman–Crippen LogP) is 1.51. The lowest BCUT2D eigenvalue weighted by atomic mass is 10.4. The van der Waals surface area contributed by atoms with Crippen molar-refractivity contribution in [2.24, 2.45) is 0 Å². The standard InChI is InChI=1S/C8H18O3/c1-4-7-11-8(9,5-2)10-6-3/h9H,4-7H2,1-3H3. The van der Waals surface area contributed by atoms with Gasteiger partial charge in [-0.1, -0.05) is 13.8 Å². The van der Waals surface area contributed by atoms with E-state index in [0.717, 1.165) is 6.42 Å². The molecule has 1 unspecified atom stereocenters. The zero-order valence-electron chi connectivity index (χ0n) is 7.59. The minimum Gasteiger partial charge on any atom is -0.343 e. The highest BCUT2D eigenvalue weighted by atomic mass is 16.8. The van der Waals surface area contributed by atoms with Crippen LogP contribution in [0.15, 0.2) is 0 Å². The average Bonchev–Trinajstić information content (AvgIpc) is 2.02. The Balaban J connectivity index is 3.68. The number of aliphatic hydroxyl groups is 1. The van der Waals surface area contributed by atoms with E-state index in [2.05, 4.69) is 0 Å². The smallest absolute Gasteiger partial charge is 0.280 e. The van der Waals surface area contributed by atoms with Gasteiger partial charge in [-0.3, -0.25) is 0 Å². The minimum atomic E-state index is -1.36. The lowest BCUT2D eigenvalue weighted by Crippen LogP contribution is -2.35. The Bertz CT molecular complexity index is 95.3. The first-order valence-electron chi connectivity index (χ1n) is 4.18. The molecule has 0 radical (unpaired) electrons. The molecule has 0 aromatic heterocycles. The molecule has 0 saturated heterocycles. The Hall–Kier alpha value is -0.120. The van der Waals surface area contributed by atoms with Crippen LogP contribution in [0, 0.1) is 0 Å². The molecule has 0 aliphatic heterocycles. The monoisotopic (exact) mass is 162 g/mol. The summed E-state index contributed by atoms with van der Waals surface area (Å²) < 4.78 is 10.1. The molecule has 0 saturated carbocycles. The van der Waals surface area contributed by atoms with Gasteiger partial charge in [0, 0.05) is 13.0 Å². The summed E-state index contributed by atoms with van der Waals surface area (Å²) in [4.78, 5) is 0. The van der Waals surface area contributed by atoms with Crippen molar-refractivity contribution in [1.82, 2.24) is 0 Å². The van der Waals surface area contributed by atoms with Crippen LogP contribution in [-0.4, -0.2) is 24.3 Å². The van der Waals surface area contributed by atoms with Crippen LogP contribution >= 0.6 is 0 Å². The van der Waals surface area contributed by atoms with Crippen LogP contribution in [0.1, 0.15) is 33.6 Å². The van der Waals surface area contributed by atoms with Crippen molar-refractivity contribution in [3.8, 4) is 0 Å². The third-order valence-electron chi connectivity index (χ3n) is 1.35. The predicted molar refractivity (Wildman–Crippen MR) is 43.1 cm³/mol. The maximum atomic E-state index is 9.51. The molecule has 1 N–H and O–H groups in total. The maximum Gasteiger partial charge on any atom is 0.280 e. The van der Waals surface area contributed by atoms with Crippen LogP contribution < -0.4 is 0 Å². The van der Waals surface area contributed by atoms with E-state index >= 15 is 0 Å². The van der Waals surface area contributed by atoms with Gasteiger partial charge in [0.25, 0.3) is 5.97 Å². The van der Waals surface area contributed by atoms with Gasteiger partial charge in [0.05, 0.1) is 6.61 Å². The number of hydrogen-bond acceptors (Lipinski definition) is 3. The highest BCUT2D eigenvalue weighted by Crippen LogP contribution is 2.13. The molecule has 3 nitrogen and oxygen atoms in total. The van der Waals surface area contributed by atoms with Crippen molar-refractivity contribution in [2.45, 2.75) is 39.6 Å². The van der Waals surface area contributed by atoms with E-state index in [1.165, 1.54) is 0 Å². The molecule has 3 heteroatoms. The van der Waals surface area contributed by atoms with Crippen LogP contribution in [0.25, 0.3) is 0 Å². The van der Waals surface area contributed by atoms with E-state index in [0.29, 0.717) is 19.6 Å². The van der Waals surface area contributed by atoms with Gasteiger partial charge in [-0.25, -0.2) is 0 Å². The van der Waals surface area contributed by atoms with Crippen LogP contribution in [0.3, 0.4) is 0 Å². The summed E-state index contributed by atoms with van der Waals surface area (Å²) in [6.07, 6.45) is 1.34. The van der Waals surface area contributed by atoms with Crippen molar-refractivity contribution >= 4 is 0 Å². The van der Waals surface area contributed by atoms with E-state index in [-0.39, 0.29) is 0 Å². The molecule has 1 atom stereocenters. The Kier molecular flexibility index (Phi) is 5.46. The molecule has 0 bridgehead atoms. The quantitative estimate of drug-likeness (QED) is 0.601. The topological polar surface area (TPSA) is 38.7 Å². The van der Waals surface area contributed by atoms with Crippen molar-refractivity contribution in [3.63, 3.8) is 0 Å². The third kappa shape index (κ3) is 4.35. The highest BCUT2D eigenvalue weighted by molar-refractivity contribution is 4.49. The summed E-state index contributed by atoms with van der Waals surface area (Å²) >= 11 is 0. The molecule has 11 heavy (non-hydrogen) atoms. The van der Waals surface area contributed by atoms with Crippen LogP contribution in [0.4, 0.5) is 0 Å². The fourth-order valence-corrected chi connectivity index (χ4v) is 0.733. The average molecular weight is 162 g/mol. The van der Waals surface area contributed by atoms with E-state index in [9.17, 15) is 5.11 Å². The Labute approximate surface area is 68.3 Å². The summed E-state index contributed by atoms with van der Waals surface area (Å²) in [5.74, 6) is -1.36. The number of rotatable bonds is 6. The second-order valence-electron chi connectivity index (χ2n) is 2.35. The first-order chi connectivity index (χ1) is 5.18. The molecular weight excluding hydrogens is 144 g/mol.